The van der Waals surface area contributed by atoms with Crippen LogP contribution in [0.5, 0.6) is 0 Å². The van der Waals surface area contributed by atoms with Gasteiger partial charge in [0.25, 0.3) is 0 Å². The first-order valence-corrected chi connectivity index (χ1v) is 10.9. The standard InChI is InChI=1S/C25H32N2O/c28-24(21-10-4-1-5-11-21)20-26-16-18-27(19-17-26)25(22-12-6-2-7-13-22)23-14-8-3-9-15-23/h1-2,4-7,10-13,23,25H,3,8-9,14-20H2. The van der Waals surface area contributed by atoms with Gasteiger partial charge in [-0.05, 0) is 24.3 Å². The number of ketones is 1. The Morgan fingerprint density at radius 2 is 1.43 bits per heavy atom. The monoisotopic (exact) mass is 376 g/mol. The highest BCUT2D eigenvalue weighted by molar-refractivity contribution is 5.97. The van der Waals surface area contributed by atoms with Crippen LogP contribution in [0.1, 0.15) is 54.1 Å². The van der Waals surface area contributed by atoms with Gasteiger partial charge in [0.2, 0.25) is 0 Å². The Labute approximate surface area is 169 Å². The highest BCUT2D eigenvalue weighted by atomic mass is 16.1. The number of Topliss-reactive ketones (excluding diaryl/α,β-unsaturated/α-hetero) is 1. The molecule has 0 radical (unpaired) electrons. The molecular weight excluding hydrogens is 344 g/mol. The first-order chi connectivity index (χ1) is 13.8. The molecule has 1 saturated heterocycles. The third kappa shape index (κ3) is 4.71. The Bertz CT molecular complexity index is 732. The van der Waals surface area contributed by atoms with E-state index in [9.17, 15) is 4.79 Å². The van der Waals surface area contributed by atoms with Crippen molar-refractivity contribution in [2.45, 2.75) is 38.1 Å². The number of carbonyl (C=O) groups excluding carboxylic acids is 1. The fourth-order valence-corrected chi connectivity index (χ4v) is 5.00. The van der Waals surface area contributed by atoms with Crippen LogP contribution in [0, 0.1) is 5.92 Å². The van der Waals surface area contributed by atoms with Crippen LogP contribution in [0.2, 0.25) is 0 Å². The van der Waals surface area contributed by atoms with E-state index in [2.05, 4.69) is 40.1 Å². The minimum Gasteiger partial charge on any atom is -0.294 e. The van der Waals surface area contributed by atoms with Crippen molar-refractivity contribution in [3.63, 3.8) is 0 Å². The molecule has 4 rings (SSSR count). The van der Waals surface area contributed by atoms with Gasteiger partial charge in [0, 0.05) is 37.8 Å². The molecule has 28 heavy (non-hydrogen) atoms. The summed E-state index contributed by atoms with van der Waals surface area (Å²) in [4.78, 5) is 17.6. The fraction of sp³-hybridized carbons (Fsp3) is 0.480. The molecule has 2 aromatic carbocycles. The summed E-state index contributed by atoms with van der Waals surface area (Å²) in [5, 5.41) is 0. The predicted octanol–water partition coefficient (Wildman–Crippen LogP) is 4.81. The molecule has 3 nitrogen and oxygen atoms in total. The van der Waals surface area contributed by atoms with E-state index in [1.165, 1.54) is 37.7 Å². The van der Waals surface area contributed by atoms with Gasteiger partial charge >= 0.3 is 0 Å². The quantitative estimate of drug-likeness (QED) is 0.676. The Hall–Kier alpha value is -1.97. The zero-order chi connectivity index (χ0) is 19.2. The van der Waals surface area contributed by atoms with E-state index in [1.54, 1.807) is 0 Å². The molecular formula is C25H32N2O. The first-order valence-electron chi connectivity index (χ1n) is 10.9. The van der Waals surface area contributed by atoms with Crippen LogP contribution in [0.3, 0.4) is 0 Å². The van der Waals surface area contributed by atoms with E-state index in [1.807, 2.05) is 30.3 Å². The van der Waals surface area contributed by atoms with Crippen molar-refractivity contribution in [1.82, 2.24) is 9.80 Å². The highest BCUT2D eigenvalue weighted by Crippen LogP contribution is 2.38. The van der Waals surface area contributed by atoms with Crippen molar-refractivity contribution in [1.29, 1.82) is 0 Å². The lowest BCUT2D eigenvalue weighted by Gasteiger charge is -2.43. The third-order valence-electron chi connectivity index (χ3n) is 6.50. The second kappa shape index (κ2) is 9.49. The van der Waals surface area contributed by atoms with Gasteiger partial charge in [-0.25, -0.2) is 0 Å². The van der Waals surface area contributed by atoms with Crippen molar-refractivity contribution in [3.8, 4) is 0 Å². The fourth-order valence-electron chi connectivity index (χ4n) is 5.00. The number of hydrogen-bond donors (Lipinski definition) is 0. The van der Waals surface area contributed by atoms with Gasteiger partial charge in [-0.15, -0.1) is 0 Å². The van der Waals surface area contributed by atoms with E-state index < -0.39 is 0 Å². The van der Waals surface area contributed by atoms with Crippen molar-refractivity contribution in [3.05, 3.63) is 71.8 Å². The Morgan fingerprint density at radius 3 is 2.07 bits per heavy atom. The van der Waals surface area contributed by atoms with Crippen molar-refractivity contribution >= 4 is 5.78 Å². The number of benzene rings is 2. The van der Waals surface area contributed by atoms with Gasteiger partial charge < -0.3 is 0 Å². The van der Waals surface area contributed by atoms with Crippen LogP contribution in [-0.2, 0) is 0 Å². The lowest BCUT2D eigenvalue weighted by molar-refractivity contribution is 0.0543. The lowest BCUT2D eigenvalue weighted by atomic mass is 9.80. The Balaban J connectivity index is 1.39. The molecule has 148 valence electrons. The topological polar surface area (TPSA) is 23.6 Å². The van der Waals surface area contributed by atoms with Crippen molar-refractivity contribution in [2.24, 2.45) is 5.92 Å². The van der Waals surface area contributed by atoms with Crippen LogP contribution >= 0.6 is 0 Å². The molecule has 1 unspecified atom stereocenters. The van der Waals surface area contributed by atoms with Crippen molar-refractivity contribution < 1.29 is 4.79 Å². The van der Waals surface area contributed by atoms with E-state index >= 15 is 0 Å². The summed E-state index contributed by atoms with van der Waals surface area (Å²) in [6.45, 7) is 4.61. The maximum absolute atomic E-state index is 12.5. The number of rotatable bonds is 6. The van der Waals surface area contributed by atoms with Crippen molar-refractivity contribution in [2.75, 3.05) is 32.7 Å². The maximum Gasteiger partial charge on any atom is 0.176 e. The molecule has 2 fully saturated rings. The molecule has 1 atom stereocenters. The summed E-state index contributed by atoms with van der Waals surface area (Å²) in [6.07, 6.45) is 6.85. The lowest BCUT2D eigenvalue weighted by Crippen LogP contribution is -2.50. The maximum atomic E-state index is 12.5. The zero-order valence-electron chi connectivity index (χ0n) is 16.8. The molecule has 1 aliphatic heterocycles. The summed E-state index contributed by atoms with van der Waals surface area (Å²) in [5.41, 5.74) is 2.30. The van der Waals surface area contributed by atoms with E-state index in [0.717, 1.165) is 37.7 Å². The number of piperazine rings is 1. The number of hydrogen-bond acceptors (Lipinski definition) is 3. The molecule has 1 heterocycles. The second-order valence-corrected chi connectivity index (χ2v) is 8.35. The van der Waals surface area contributed by atoms with E-state index in [-0.39, 0.29) is 5.78 Å². The Morgan fingerprint density at radius 1 is 0.821 bits per heavy atom. The summed E-state index contributed by atoms with van der Waals surface area (Å²) in [7, 11) is 0. The molecule has 0 amide bonds. The van der Waals surface area contributed by atoms with Crippen LogP contribution < -0.4 is 0 Å². The summed E-state index contributed by atoms with van der Waals surface area (Å²) in [5.74, 6) is 1.01. The highest BCUT2D eigenvalue weighted by Gasteiger charge is 2.32. The molecule has 0 aromatic heterocycles. The average Bonchev–Trinajstić information content (AvgIpc) is 2.77. The molecule has 1 saturated carbocycles. The van der Waals surface area contributed by atoms with Crippen LogP contribution in [0.25, 0.3) is 0 Å². The minimum absolute atomic E-state index is 0.237. The summed E-state index contributed by atoms with van der Waals surface area (Å²) < 4.78 is 0. The molecule has 2 aromatic rings. The minimum atomic E-state index is 0.237. The zero-order valence-corrected chi connectivity index (χ0v) is 16.8. The predicted molar refractivity (Wildman–Crippen MR) is 115 cm³/mol. The summed E-state index contributed by atoms with van der Waals surface area (Å²) >= 11 is 0. The molecule has 0 bridgehead atoms. The number of nitrogens with zero attached hydrogens (tertiary/aromatic N) is 2. The van der Waals surface area contributed by atoms with Gasteiger partial charge in [-0.1, -0.05) is 79.9 Å². The summed E-state index contributed by atoms with van der Waals surface area (Å²) in [6, 6.07) is 21.3. The molecule has 3 heteroatoms. The molecule has 2 aliphatic rings. The average molecular weight is 377 g/mol. The molecule has 0 spiro atoms. The van der Waals surface area contributed by atoms with E-state index in [4.69, 9.17) is 0 Å². The normalized spacial score (nSPS) is 20.7. The number of carbonyl (C=O) groups is 1. The SMILES string of the molecule is O=C(CN1CCN(C(c2ccccc2)C2CCCCC2)CC1)c1ccccc1. The van der Waals surface area contributed by atoms with Gasteiger partial charge in [0.05, 0.1) is 6.54 Å². The Kier molecular flexibility index (Phi) is 6.56. The van der Waals surface area contributed by atoms with Gasteiger partial charge in [0.15, 0.2) is 5.78 Å². The van der Waals surface area contributed by atoms with E-state index in [0.29, 0.717) is 12.6 Å². The van der Waals surface area contributed by atoms with Gasteiger partial charge in [-0.3, -0.25) is 14.6 Å². The third-order valence-corrected chi connectivity index (χ3v) is 6.50. The van der Waals surface area contributed by atoms with Crippen LogP contribution in [-0.4, -0.2) is 48.3 Å². The van der Waals surface area contributed by atoms with Gasteiger partial charge in [-0.2, -0.15) is 0 Å². The van der Waals surface area contributed by atoms with Gasteiger partial charge in [0.1, 0.15) is 0 Å². The first kappa shape index (κ1) is 19.4. The smallest absolute Gasteiger partial charge is 0.176 e. The molecule has 0 N–H and O–H groups in total. The van der Waals surface area contributed by atoms with Crippen LogP contribution in [0.15, 0.2) is 60.7 Å². The largest absolute Gasteiger partial charge is 0.294 e. The molecule has 1 aliphatic carbocycles. The second-order valence-electron chi connectivity index (χ2n) is 8.35. The van der Waals surface area contributed by atoms with Crippen LogP contribution in [0.4, 0.5) is 0 Å².